The van der Waals surface area contributed by atoms with Crippen LogP contribution in [0.25, 0.3) is 0 Å². The zero-order chi connectivity index (χ0) is 15.1. The molecular weight excluding hydrogens is 282 g/mol. The predicted molar refractivity (Wildman–Crippen MR) is 79.1 cm³/mol. The second-order valence-corrected chi connectivity index (χ2v) is 4.34. The first kappa shape index (κ1) is 15.7. The number of carbonyl (C=O) groups excluding carboxylic acids is 2. The van der Waals surface area contributed by atoms with E-state index in [-0.39, 0.29) is 29.6 Å². The molecule has 0 fully saturated rings. The van der Waals surface area contributed by atoms with Crippen molar-refractivity contribution in [2.75, 3.05) is 0 Å². The Labute approximate surface area is 120 Å². The Morgan fingerprint density at radius 3 is 2.40 bits per heavy atom. The molecule has 0 aromatic rings. The van der Waals surface area contributed by atoms with Gasteiger partial charge in [-0.3, -0.25) is 15.0 Å². The highest BCUT2D eigenvalue weighted by atomic mass is 32.1. The molecule has 0 aliphatic carbocycles. The zero-order valence-corrected chi connectivity index (χ0v) is 11.9. The largest absolute Gasteiger partial charge is 0.375 e. The van der Waals surface area contributed by atoms with Gasteiger partial charge in [0.1, 0.15) is 5.71 Å². The topological polar surface area (TPSA) is 133 Å². The van der Waals surface area contributed by atoms with Crippen LogP contribution < -0.4 is 22.0 Å². The van der Waals surface area contributed by atoms with Crippen molar-refractivity contribution in [3.8, 4) is 0 Å². The molecule has 0 radical (unpaired) electrons. The van der Waals surface area contributed by atoms with Crippen molar-refractivity contribution in [1.82, 2.24) is 16.3 Å². The summed E-state index contributed by atoms with van der Waals surface area (Å²) in [6.07, 6.45) is 0.510. The molecule has 1 aliphatic rings. The van der Waals surface area contributed by atoms with Gasteiger partial charge in [0, 0.05) is 12.8 Å². The van der Waals surface area contributed by atoms with E-state index in [2.05, 4.69) is 43.8 Å². The van der Waals surface area contributed by atoms with Crippen LogP contribution in [0.4, 0.5) is 0 Å². The standard InChI is InChI=1S/C10H15N7O2S/c1-5(6(2)13-17-10(11)20)12-16-9(19)7-3-4-8(18)15-14-7/h3-4H2,1-2H3,(H,15,18)(H,16,19)(H3,11,17,20). The summed E-state index contributed by atoms with van der Waals surface area (Å²) < 4.78 is 0. The van der Waals surface area contributed by atoms with Crippen molar-refractivity contribution in [2.24, 2.45) is 21.0 Å². The van der Waals surface area contributed by atoms with E-state index in [1.807, 2.05) is 0 Å². The summed E-state index contributed by atoms with van der Waals surface area (Å²) in [7, 11) is 0. The highest BCUT2D eigenvalue weighted by molar-refractivity contribution is 7.80. The molecule has 0 spiro atoms. The molecule has 5 N–H and O–H groups in total. The highest BCUT2D eigenvalue weighted by Gasteiger charge is 2.17. The predicted octanol–water partition coefficient (Wildman–Crippen LogP) is -1.05. The number of carbonyl (C=O) groups is 2. The van der Waals surface area contributed by atoms with Crippen LogP contribution in [0.1, 0.15) is 26.7 Å². The summed E-state index contributed by atoms with van der Waals surface area (Å²) in [5.41, 5.74) is 13.4. The lowest BCUT2D eigenvalue weighted by Crippen LogP contribution is -2.35. The molecule has 0 unspecified atom stereocenters. The number of amides is 2. The van der Waals surface area contributed by atoms with Gasteiger partial charge in [-0.05, 0) is 26.1 Å². The van der Waals surface area contributed by atoms with Crippen LogP contribution in [-0.2, 0) is 9.59 Å². The fourth-order valence-electron chi connectivity index (χ4n) is 1.14. The molecular formula is C10H15N7O2S. The van der Waals surface area contributed by atoms with E-state index in [1.165, 1.54) is 0 Å². The van der Waals surface area contributed by atoms with Gasteiger partial charge in [-0.1, -0.05) is 0 Å². The van der Waals surface area contributed by atoms with Crippen LogP contribution in [0.2, 0.25) is 0 Å². The summed E-state index contributed by atoms with van der Waals surface area (Å²) in [5, 5.41) is 11.4. The molecule has 0 bridgehead atoms. The smallest absolute Gasteiger partial charge is 0.287 e. The van der Waals surface area contributed by atoms with Crippen LogP contribution in [0.3, 0.4) is 0 Å². The lowest BCUT2D eigenvalue weighted by molar-refractivity contribution is -0.121. The van der Waals surface area contributed by atoms with E-state index in [4.69, 9.17) is 5.73 Å². The van der Waals surface area contributed by atoms with Gasteiger partial charge in [-0.15, -0.1) is 0 Å². The van der Waals surface area contributed by atoms with Gasteiger partial charge >= 0.3 is 0 Å². The fourth-order valence-corrected chi connectivity index (χ4v) is 1.18. The molecule has 0 aromatic heterocycles. The number of hydrogen-bond acceptors (Lipinski definition) is 6. The number of nitrogens with zero attached hydrogens (tertiary/aromatic N) is 3. The molecule has 10 heteroatoms. The maximum atomic E-state index is 11.7. The van der Waals surface area contributed by atoms with Gasteiger partial charge in [0.15, 0.2) is 5.11 Å². The maximum absolute atomic E-state index is 11.7. The minimum Gasteiger partial charge on any atom is -0.375 e. The minimum absolute atomic E-state index is 0.0356. The second kappa shape index (κ2) is 7.28. The van der Waals surface area contributed by atoms with Crippen LogP contribution in [0.5, 0.6) is 0 Å². The van der Waals surface area contributed by atoms with E-state index >= 15 is 0 Å². The summed E-state index contributed by atoms with van der Waals surface area (Å²) in [6, 6.07) is 0. The van der Waals surface area contributed by atoms with Crippen LogP contribution in [-0.4, -0.2) is 34.1 Å². The monoisotopic (exact) mass is 297 g/mol. The lowest BCUT2D eigenvalue weighted by Gasteiger charge is -2.10. The van der Waals surface area contributed by atoms with Crippen molar-refractivity contribution in [2.45, 2.75) is 26.7 Å². The lowest BCUT2D eigenvalue weighted by atomic mass is 10.2. The first-order valence-electron chi connectivity index (χ1n) is 5.70. The molecule has 1 heterocycles. The number of nitrogens with two attached hydrogens (primary N) is 1. The van der Waals surface area contributed by atoms with E-state index < -0.39 is 5.91 Å². The number of nitrogens with one attached hydrogen (secondary N) is 3. The van der Waals surface area contributed by atoms with Crippen LogP contribution in [0.15, 0.2) is 15.3 Å². The number of rotatable bonds is 4. The number of thiocarbonyl (C=S) groups is 1. The van der Waals surface area contributed by atoms with Crippen LogP contribution >= 0.6 is 12.2 Å². The fraction of sp³-hybridized carbons (Fsp3) is 0.400. The summed E-state index contributed by atoms with van der Waals surface area (Å²) in [4.78, 5) is 22.6. The average molecular weight is 297 g/mol. The summed E-state index contributed by atoms with van der Waals surface area (Å²) in [6.45, 7) is 3.33. The molecule has 0 atom stereocenters. The molecule has 20 heavy (non-hydrogen) atoms. The first-order valence-corrected chi connectivity index (χ1v) is 6.11. The van der Waals surface area contributed by atoms with Gasteiger partial charge in [0.25, 0.3) is 5.91 Å². The SMILES string of the molecule is CC(=NNC(=O)C1=NNC(=O)CC1)C(C)=NNC(N)=S. The third-order valence-electron chi connectivity index (χ3n) is 2.35. The molecule has 1 aliphatic heterocycles. The van der Waals surface area contributed by atoms with Crippen molar-refractivity contribution < 1.29 is 9.59 Å². The molecule has 9 nitrogen and oxygen atoms in total. The summed E-state index contributed by atoms with van der Waals surface area (Å²) in [5.74, 6) is -0.688. The Kier molecular flexibility index (Phi) is 5.72. The third-order valence-corrected chi connectivity index (χ3v) is 2.44. The Bertz CT molecular complexity index is 524. The molecule has 108 valence electrons. The minimum atomic E-state index is -0.473. The zero-order valence-electron chi connectivity index (χ0n) is 11.1. The molecule has 0 aromatic carbocycles. The third kappa shape index (κ3) is 5.10. The Morgan fingerprint density at radius 1 is 1.30 bits per heavy atom. The second-order valence-electron chi connectivity index (χ2n) is 3.90. The number of hydrazone groups is 3. The first-order chi connectivity index (χ1) is 9.40. The van der Waals surface area contributed by atoms with Crippen molar-refractivity contribution >= 4 is 46.3 Å². The molecule has 0 saturated heterocycles. The van der Waals surface area contributed by atoms with E-state index in [0.29, 0.717) is 11.4 Å². The molecule has 1 rings (SSSR count). The van der Waals surface area contributed by atoms with Gasteiger partial charge in [0.2, 0.25) is 5.91 Å². The highest BCUT2D eigenvalue weighted by Crippen LogP contribution is 1.99. The van der Waals surface area contributed by atoms with Crippen LogP contribution in [0, 0.1) is 0 Å². The average Bonchev–Trinajstić information content (AvgIpc) is 2.42. The number of hydrogen-bond donors (Lipinski definition) is 4. The Morgan fingerprint density at radius 2 is 1.90 bits per heavy atom. The van der Waals surface area contributed by atoms with Gasteiger partial charge in [-0.25, -0.2) is 10.9 Å². The Hall–Kier alpha value is -2.36. The molecule has 0 saturated carbocycles. The molecule has 2 amide bonds. The van der Waals surface area contributed by atoms with Gasteiger partial charge in [-0.2, -0.15) is 15.3 Å². The van der Waals surface area contributed by atoms with E-state index in [0.717, 1.165) is 0 Å². The van der Waals surface area contributed by atoms with Crippen molar-refractivity contribution in [3.63, 3.8) is 0 Å². The van der Waals surface area contributed by atoms with E-state index in [1.54, 1.807) is 13.8 Å². The van der Waals surface area contributed by atoms with E-state index in [9.17, 15) is 9.59 Å². The summed E-state index contributed by atoms with van der Waals surface area (Å²) >= 11 is 4.60. The quantitative estimate of drug-likeness (QED) is 0.298. The van der Waals surface area contributed by atoms with Crippen molar-refractivity contribution in [1.29, 1.82) is 0 Å². The Balaban J connectivity index is 2.58. The maximum Gasteiger partial charge on any atom is 0.287 e. The van der Waals surface area contributed by atoms with Crippen molar-refractivity contribution in [3.05, 3.63) is 0 Å². The van der Waals surface area contributed by atoms with Gasteiger partial charge in [0.05, 0.1) is 11.4 Å². The normalized spacial score (nSPS) is 16.1. The van der Waals surface area contributed by atoms with Gasteiger partial charge < -0.3 is 5.73 Å².